The summed E-state index contributed by atoms with van der Waals surface area (Å²) in [5.41, 5.74) is 1.60. The van der Waals surface area contributed by atoms with Crippen molar-refractivity contribution in [2.75, 3.05) is 11.5 Å². The number of amides is 3. The Morgan fingerprint density at radius 2 is 1.58 bits per heavy atom. The van der Waals surface area contributed by atoms with Crippen molar-refractivity contribution in [1.29, 1.82) is 0 Å². The maximum absolute atomic E-state index is 13.0. The second-order valence-electron chi connectivity index (χ2n) is 7.46. The van der Waals surface area contributed by atoms with Crippen molar-refractivity contribution >= 4 is 29.4 Å². The van der Waals surface area contributed by atoms with Gasteiger partial charge in [0.15, 0.2) is 6.61 Å². The van der Waals surface area contributed by atoms with E-state index < -0.39 is 36.3 Å². The fourth-order valence-corrected chi connectivity index (χ4v) is 3.53. The Hall–Kier alpha value is -4.33. The Bertz CT molecular complexity index is 1220. The lowest BCUT2D eigenvalue weighted by Crippen LogP contribution is -2.31. The molecule has 0 bridgehead atoms. The summed E-state index contributed by atoms with van der Waals surface area (Å²) in [6.07, 6.45) is 0. The largest absolute Gasteiger partial charge is 0.452 e. The summed E-state index contributed by atoms with van der Waals surface area (Å²) in [6.45, 7) is 1.19. The first kappa shape index (κ1) is 21.9. The highest BCUT2D eigenvalue weighted by atomic mass is 19.1. The van der Waals surface area contributed by atoms with Gasteiger partial charge in [-0.15, -0.1) is 0 Å². The van der Waals surface area contributed by atoms with Crippen molar-refractivity contribution in [1.82, 2.24) is 5.32 Å². The molecular formula is C25H19FN2O5. The zero-order valence-electron chi connectivity index (χ0n) is 17.6. The SMILES string of the molecule is CC(NC(=O)COC(=O)c1cccc(N2C(=O)c3ccccc3C2=O)c1)c1ccc(F)cc1. The second-order valence-corrected chi connectivity index (χ2v) is 7.46. The summed E-state index contributed by atoms with van der Waals surface area (Å²) >= 11 is 0. The summed E-state index contributed by atoms with van der Waals surface area (Å²) in [7, 11) is 0. The summed E-state index contributed by atoms with van der Waals surface area (Å²) in [4.78, 5) is 50.9. The zero-order valence-corrected chi connectivity index (χ0v) is 17.6. The molecule has 0 radical (unpaired) electrons. The number of rotatable bonds is 6. The van der Waals surface area contributed by atoms with Gasteiger partial charge in [-0.2, -0.15) is 0 Å². The number of carbonyl (C=O) groups is 4. The third-order valence-corrected chi connectivity index (χ3v) is 5.22. The molecule has 0 aromatic heterocycles. The molecule has 1 aliphatic heterocycles. The smallest absolute Gasteiger partial charge is 0.338 e. The van der Waals surface area contributed by atoms with E-state index in [1.807, 2.05) is 0 Å². The number of halogens is 1. The van der Waals surface area contributed by atoms with E-state index in [4.69, 9.17) is 4.74 Å². The fraction of sp³-hybridized carbons (Fsp3) is 0.120. The standard InChI is InChI=1S/C25H19FN2O5/c1-15(16-9-11-18(26)12-10-16)27-22(29)14-33-25(32)17-5-4-6-19(13-17)28-23(30)20-7-2-3-8-21(20)24(28)31/h2-13,15H,14H2,1H3,(H,27,29). The van der Waals surface area contributed by atoms with Crippen LogP contribution < -0.4 is 10.2 Å². The van der Waals surface area contributed by atoms with Crippen molar-refractivity contribution in [3.63, 3.8) is 0 Å². The normalized spacial score (nSPS) is 13.5. The number of imide groups is 1. The maximum atomic E-state index is 13.0. The van der Waals surface area contributed by atoms with Gasteiger partial charge in [0.1, 0.15) is 5.82 Å². The summed E-state index contributed by atoms with van der Waals surface area (Å²) in [6, 6.07) is 17.6. The van der Waals surface area contributed by atoms with Crippen LogP contribution >= 0.6 is 0 Å². The number of nitrogens with one attached hydrogen (secondary N) is 1. The minimum atomic E-state index is -0.780. The van der Waals surface area contributed by atoms with Gasteiger partial charge in [-0.3, -0.25) is 14.4 Å². The third kappa shape index (κ3) is 4.50. The highest BCUT2D eigenvalue weighted by molar-refractivity contribution is 6.34. The molecule has 33 heavy (non-hydrogen) atoms. The zero-order chi connectivity index (χ0) is 23.5. The van der Waals surface area contributed by atoms with Crippen LogP contribution in [0.5, 0.6) is 0 Å². The van der Waals surface area contributed by atoms with Crippen LogP contribution in [0.3, 0.4) is 0 Å². The predicted molar refractivity (Wildman–Crippen MR) is 117 cm³/mol. The highest BCUT2D eigenvalue weighted by Crippen LogP contribution is 2.28. The Balaban J connectivity index is 1.39. The first-order valence-electron chi connectivity index (χ1n) is 10.1. The average Bonchev–Trinajstić information content (AvgIpc) is 3.08. The molecule has 1 aliphatic rings. The first-order chi connectivity index (χ1) is 15.8. The molecule has 4 rings (SSSR count). The van der Waals surface area contributed by atoms with E-state index in [-0.39, 0.29) is 17.1 Å². The lowest BCUT2D eigenvalue weighted by atomic mass is 10.1. The van der Waals surface area contributed by atoms with Crippen LogP contribution in [0.15, 0.2) is 72.8 Å². The molecular weight excluding hydrogens is 427 g/mol. The molecule has 1 heterocycles. The number of hydrogen-bond donors (Lipinski definition) is 1. The minimum Gasteiger partial charge on any atom is -0.452 e. The van der Waals surface area contributed by atoms with Gasteiger partial charge in [0, 0.05) is 0 Å². The fourth-order valence-electron chi connectivity index (χ4n) is 3.53. The monoisotopic (exact) mass is 446 g/mol. The summed E-state index contributed by atoms with van der Waals surface area (Å²) in [5.74, 6) is -2.64. The Kier molecular flexibility index (Phi) is 5.99. The van der Waals surface area contributed by atoms with Gasteiger partial charge >= 0.3 is 5.97 Å². The van der Waals surface area contributed by atoms with E-state index >= 15 is 0 Å². The van der Waals surface area contributed by atoms with Crippen LogP contribution in [0.25, 0.3) is 0 Å². The number of esters is 1. The van der Waals surface area contributed by atoms with Gasteiger partial charge < -0.3 is 10.1 Å². The number of anilines is 1. The van der Waals surface area contributed by atoms with E-state index in [9.17, 15) is 23.6 Å². The van der Waals surface area contributed by atoms with Gasteiger partial charge in [-0.25, -0.2) is 14.1 Å². The Labute approximate surface area is 188 Å². The van der Waals surface area contributed by atoms with Crippen LogP contribution in [0, 0.1) is 5.82 Å². The van der Waals surface area contributed by atoms with Gasteiger partial charge in [-0.1, -0.05) is 30.3 Å². The maximum Gasteiger partial charge on any atom is 0.338 e. The van der Waals surface area contributed by atoms with Gasteiger partial charge in [0.25, 0.3) is 17.7 Å². The molecule has 8 heteroatoms. The van der Waals surface area contributed by atoms with E-state index in [1.165, 1.54) is 36.4 Å². The van der Waals surface area contributed by atoms with Crippen LogP contribution in [0.4, 0.5) is 10.1 Å². The van der Waals surface area contributed by atoms with E-state index in [0.717, 1.165) is 4.90 Å². The summed E-state index contributed by atoms with van der Waals surface area (Å²) in [5, 5.41) is 2.66. The molecule has 7 nitrogen and oxygen atoms in total. The summed E-state index contributed by atoms with van der Waals surface area (Å²) < 4.78 is 18.1. The van der Waals surface area contributed by atoms with Gasteiger partial charge in [-0.05, 0) is 55.0 Å². The number of carbonyl (C=O) groups excluding carboxylic acids is 4. The quantitative estimate of drug-likeness (QED) is 0.461. The molecule has 166 valence electrons. The number of nitrogens with zero attached hydrogens (tertiary/aromatic N) is 1. The molecule has 0 aliphatic carbocycles. The lowest BCUT2D eigenvalue weighted by Gasteiger charge is -2.15. The molecule has 0 fully saturated rings. The molecule has 0 saturated heterocycles. The number of hydrogen-bond acceptors (Lipinski definition) is 5. The predicted octanol–water partition coefficient (Wildman–Crippen LogP) is 3.66. The van der Waals surface area contributed by atoms with Crippen LogP contribution in [-0.4, -0.2) is 30.3 Å². The van der Waals surface area contributed by atoms with Gasteiger partial charge in [0.05, 0.1) is 28.4 Å². The van der Waals surface area contributed by atoms with Crippen molar-refractivity contribution < 1.29 is 28.3 Å². The van der Waals surface area contributed by atoms with Crippen LogP contribution in [0.1, 0.15) is 49.6 Å². The first-order valence-corrected chi connectivity index (χ1v) is 10.1. The van der Waals surface area contributed by atoms with Crippen LogP contribution in [-0.2, 0) is 9.53 Å². The average molecular weight is 446 g/mol. The Morgan fingerprint density at radius 3 is 2.21 bits per heavy atom. The molecule has 0 spiro atoms. The molecule has 3 aromatic rings. The van der Waals surface area contributed by atoms with Gasteiger partial charge in [0.2, 0.25) is 0 Å². The van der Waals surface area contributed by atoms with Crippen molar-refractivity contribution in [2.45, 2.75) is 13.0 Å². The van der Waals surface area contributed by atoms with Crippen molar-refractivity contribution in [3.05, 3.63) is 101 Å². The van der Waals surface area contributed by atoms with E-state index in [1.54, 1.807) is 43.3 Å². The molecule has 3 aromatic carbocycles. The molecule has 3 amide bonds. The van der Waals surface area contributed by atoms with E-state index in [0.29, 0.717) is 16.7 Å². The molecule has 1 N–H and O–H groups in total. The second kappa shape index (κ2) is 9.04. The number of benzene rings is 3. The third-order valence-electron chi connectivity index (χ3n) is 5.22. The lowest BCUT2D eigenvalue weighted by molar-refractivity contribution is -0.124. The topological polar surface area (TPSA) is 92.8 Å². The molecule has 1 atom stereocenters. The van der Waals surface area contributed by atoms with Crippen molar-refractivity contribution in [2.24, 2.45) is 0 Å². The van der Waals surface area contributed by atoms with Crippen LogP contribution in [0.2, 0.25) is 0 Å². The molecule has 1 unspecified atom stereocenters. The van der Waals surface area contributed by atoms with Crippen molar-refractivity contribution in [3.8, 4) is 0 Å². The Morgan fingerprint density at radius 1 is 0.939 bits per heavy atom. The minimum absolute atomic E-state index is 0.0865. The number of fused-ring (bicyclic) bond motifs is 1. The van der Waals surface area contributed by atoms with E-state index in [2.05, 4.69) is 5.32 Å². The molecule has 0 saturated carbocycles. The highest BCUT2D eigenvalue weighted by Gasteiger charge is 2.36. The number of ether oxygens (including phenoxy) is 1.